The van der Waals surface area contributed by atoms with Crippen LogP contribution in [0.4, 0.5) is 0 Å². The fourth-order valence-electron chi connectivity index (χ4n) is 3.69. The van der Waals surface area contributed by atoms with Crippen LogP contribution < -0.4 is 10.6 Å². The Morgan fingerprint density at radius 3 is 2.89 bits per heavy atom. The van der Waals surface area contributed by atoms with Crippen molar-refractivity contribution in [3.8, 4) is 0 Å². The molecule has 0 saturated carbocycles. The second-order valence-electron chi connectivity index (χ2n) is 7.07. The van der Waals surface area contributed by atoms with E-state index in [1.54, 1.807) is 7.05 Å². The number of benzene rings is 1. The summed E-state index contributed by atoms with van der Waals surface area (Å²) < 4.78 is 0. The number of hydrogen-bond acceptors (Lipinski definition) is 3. The number of nitrogens with zero attached hydrogens (tertiary/aromatic N) is 3. The molecule has 0 spiro atoms. The van der Waals surface area contributed by atoms with Crippen LogP contribution in [-0.2, 0) is 6.42 Å². The predicted octanol–water partition coefficient (Wildman–Crippen LogP) is 1.97. The van der Waals surface area contributed by atoms with Crippen molar-refractivity contribution in [2.24, 2.45) is 4.99 Å². The standard InChI is InChI=1S/C21H35N5O/c1-5-23-21(25(4)16-19-11-8-14-26(19)6-2)24-13-12-17-9-7-10-18(15-17)20(27)22-3/h7,9-10,15,19H,5-6,8,11-14,16H2,1-4H3,(H,22,27)(H,23,24). The molecule has 1 aliphatic heterocycles. The van der Waals surface area contributed by atoms with Crippen LogP contribution in [-0.4, -0.2) is 74.5 Å². The maximum Gasteiger partial charge on any atom is 0.251 e. The lowest BCUT2D eigenvalue weighted by Gasteiger charge is -2.29. The molecule has 1 aromatic carbocycles. The van der Waals surface area contributed by atoms with Gasteiger partial charge in [-0.2, -0.15) is 0 Å². The summed E-state index contributed by atoms with van der Waals surface area (Å²) >= 11 is 0. The number of likely N-dealkylation sites (tertiary alicyclic amines) is 1. The Labute approximate surface area is 164 Å². The van der Waals surface area contributed by atoms with Crippen molar-refractivity contribution in [3.05, 3.63) is 35.4 Å². The second-order valence-corrected chi connectivity index (χ2v) is 7.07. The van der Waals surface area contributed by atoms with Crippen LogP contribution in [0.3, 0.4) is 0 Å². The smallest absolute Gasteiger partial charge is 0.251 e. The van der Waals surface area contributed by atoms with Crippen molar-refractivity contribution in [2.75, 3.05) is 46.8 Å². The monoisotopic (exact) mass is 373 g/mol. The molecule has 0 aromatic heterocycles. The first-order valence-electron chi connectivity index (χ1n) is 10.1. The normalized spacial score (nSPS) is 17.8. The van der Waals surface area contributed by atoms with E-state index in [2.05, 4.69) is 47.4 Å². The molecule has 150 valence electrons. The molecule has 27 heavy (non-hydrogen) atoms. The van der Waals surface area contributed by atoms with Gasteiger partial charge in [-0.25, -0.2) is 0 Å². The second kappa shape index (κ2) is 10.9. The maximum absolute atomic E-state index is 11.8. The first kappa shape index (κ1) is 21.2. The zero-order valence-corrected chi connectivity index (χ0v) is 17.3. The van der Waals surface area contributed by atoms with Crippen LogP contribution >= 0.6 is 0 Å². The van der Waals surface area contributed by atoms with Gasteiger partial charge in [0.25, 0.3) is 5.91 Å². The van der Waals surface area contributed by atoms with Crippen LogP contribution in [0.2, 0.25) is 0 Å². The minimum absolute atomic E-state index is 0.0505. The number of rotatable bonds is 8. The van der Waals surface area contributed by atoms with Crippen LogP contribution in [0.15, 0.2) is 29.3 Å². The highest BCUT2D eigenvalue weighted by atomic mass is 16.1. The Morgan fingerprint density at radius 2 is 2.19 bits per heavy atom. The van der Waals surface area contributed by atoms with Crippen molar-refractivity contribution in [2.45, 2.75) is 39.2 Å². The number of carbonyl (C=O) groups is 1. The van der Waals surface area contributed by atoms with E-state index >= 15 is 0 Å². The minimum atomic E-state index is -0.0505. The van der Waals surface area contributed by atoms with Gasteiger partial charge in [-0.15, -0.1) is 0 Å². The van der Waals surface area contributed by atoms with Gasteiger partial charge in [0.05, 0.1) is 0 Å². The molecule has 0 aliphatic carbocycles. The highest BCUT2D eigenvalue weighted by molar-refractivity contribution is 5.94. The van der Waals surface area contributed by atoms with Gasteiger partial charge >= 0.3 is 0 Å². The van der Waals surface area contributed by atoms with Gasteiger partial charge in [0, 0.05) is 45.3 Å². The zero-order chi connectivity index (χ0) is 19.6. The molecule has 1 amide bonds. The molecule has 2 N–H and O–H groups in total. The van der Waals surface area contributed by atoms with E-state index in [4.69, 9.17) is 4.99 Å². The molecular weight excluding hydrogens is 338 g/mol. The number of amides is 1. The molecular formula is C21H35N5O. The van der Waals surface area contributed by atoms with Crippen molar-refractivity contribution >= 4 is 11.9 Å². The van der Waals surface area contributed by atoms with Crippen molar-refractivity contribution in [1.82, 2.24) is 20.4 Å². The van der Waals surface area contributed by atoms with Crippen molar-refractivity contribution < 1.29 is 4.79 Å². The number of guanidine groups is 1. The molecule has 1 unspecified atom stereocenters. The van der Waals surface area contributed by atoms with E-state index < -0.39 is 0 Å². The minimum Gasteiger partial charge on any atom is -0.357 e. The first-order valence-corrected chi connectivity index (χ1v) is 10.1. The van der Waals surface area contributed by atoms with E-state index in [-0.39, 0.29) is 5.91 Å². The molecule has 1 atom stereocenters. The highest BCUT2D eigenvalue weighted by Gasteiger charge is 2.24. The Kier molecular flexibility index (Phi) is 8.58. The Balaban J connectivity index is 1.95. The van der Waals surface area contributed by atoms with Gasteiger partial charge in [-0.05, 0) is 57.0 Å². The average molecular weight is 374 g/mol. The van der Waals surface area contributed by atoms with Crippen LogP contribution in [0.1, 0.15) is 42.6 Å². The molecule has 1 heterocycles. The van der Waals surface area contributed by atoms with Crippen molar-refractivity contribution in [3.63, 3.8) is 0 Å². The summed E-state index contributed by atoms with van der Waals surface area (Å²) in [7, 11) is 3.78. The third kappa shape index (κ3) is 6.24. The summed E-state index contributed by atoms with van der Waals surface area (Å²) in [5.74, 6) is 0.911. The highest BCUT2D eigenvalue weighted by Crippen LogP contribution is 2.17. The Bertz CT molecular complexity index is 631. The van der Waals surface area contributed by atoms with E-state index in [1.165, 1.54) is 19.4 Å². The lowest BCUT2D eigenvalue weighted by atomic mass is 10.1. The van der Waals surface area contributed by atoms with E-state index in [0.717, 1.165) is 37.6 Å². The fourth-order valence-corrected chi connectivity index (χ4v) is 3.69. The third-order valence-corrected chi connectivity index (χ3v) is 5.16. The number of likely N-dealkylation sites (N-methyl/N-ethyl adjacent to an activating group) is 2. The van der Waals surface area contributed by atoms with E-state index in [0.29, 0.717) is 18.2 Å². The number of aliphatic imine (C=N–C) groups is 1. The lowest BCUT2D eigenvalue weighted by Crippen LogP contribution is -2.46. The van der Waals surface area contributed by atoms with Gasteiger partial charge in [0.15, 0.2) is 5.96 Å². The molecule has 1 aromatic rings. The van der Waals surface area contributed by atoms with Crippen molar-refractivity contribution in [1.29, 1.82) is 0 Å². The van der Waals surface area contributed by atoms with Gasteiger partial charge < -0.3 is 15.5 Å². The molecule has 0 bridgehead atoms. The largest absolute Gasteiger partial charge is 0.357 e. The summed E-state index contributed by atoms with van der Waals surface area (Å²) in [5, 5.41) is 6.08. The zero-order valence-electron chi connectivity index (χ0n) is 17.3. The summed E-state index contributed by atoms with van der Waals surface area (Å²) in [5.41, 5.74) is 1.83. The Hall–Kier alpha value is -2.08. The third-order valence-electron chi connectivity index (χ3n) is 5.16. The summed E-state index contributed by atoms with van der Waals surface area (Å²) in [6, 6.07) is 8.39. The van der Waals surface area contributed by atoms with Gasteiger partial charge in [0.1, 0.15) is 0 Å². The van der Waals surface area contributed by atoms with Crippen LogP contribution in [0.25, 0.3) is 0 Å². The first-order chi connectivity index (χ1) is 13.1. The van der Waals surface area contributed by atoms with Gasteiger partial charge in [-0.3, -0.25) is 14.7 Å². The quantitative estimate of drug-likeness (QED) is 0.540. The van der Waals surface area contributed by atoms with Crippen LogP contribution in [0.5, 0.6) is 0 Å². The van der Waals surface area contributed by atoms with Gasteiger partial charge in [-0.1, -0.05) is 19.1 Å². The topological polar surface area (TPSA) is 60.0 Å². The summed E-state index contributed by atoms with van der Waals surface area (Å²) in [4.78, 5) is 21.4. The van der Waals surface area contributed by atoms with Crippen LogP contribution in [0, 0.1) is 0 Å². The molecule has 0 radical (unpaired) electrons. The van der Waals surface area contributed by atoms with Gasteiger partial charge in [0.2, 0.25) is 0 Å². The molecule has 6 heteroatoms. The van der Waals surface area contributed by atoms with E-state index in [9.17, 15) is 4.79 Å². The van der Waals surface area contributed by atoms with E-state index in [1.807, 2.05) is 18.2 Å². The number of nitrogens with one attached hydrogen (secondary N) is 2. The lowest BCUT2D eigenvalue weighted by molar-refractivity contribution is 0.0963. The summed E-state index contributed by atoms with van der Waals surface area (Å²) in [6.07, 6.45) is 3.38. The molecule has 6 nitrogen and oxygen atoms in total. The maximum atomic E-state index is 11.8. The fraction of sp³-hybridized carbons (Fsp3) is 0.619. The number of carbonyl (C=O) groups excluding carboxylic acids is 1. The molecule has 1 aliphatic rings. The predicted molar refractivity (Wildman–Crippen MR) is 112 cm³/mol. The summed E-state index contributed by atoms with van der Waals surface area (Å²) in [6.45, 7) is 9.24. The molecule has 1 fully saturated rings. The number of hydrogen-bond donors (Lipinski definition) is 2. The SMILES string of the molecule is CCNC(=NCCc1cccc(C(=O)NC)c1)N(C)CC1CCCN1CC. The molecule has 2 rings (SSSR count). The Morgan fingerprint density at radius 1 is 1.37 bits per heavy atom. The molecule has 1 saturated heterocycles. The average Bonchev–Trinajstić information content (AvgIpc) is 3.14.